The SMILES string of the molecule is CCOC(=O)c1[nH]c2cc(Cl)cc(Cl)c2c1CNC1CCC(Nc2cc(N(C)C)c3ccccc3n2)CC1. The second kappa shape index (κ2) is 11.4. The third-order valence-electron chi connectivity index (χ3n) is 7.22. The van der Waals surface area contributed by atoms with Gasteiger partial charge in [-0.25, -0.2) is 9.78 Å². The molecule has 7 nitrogen and oxygen atoms in total. The highest BCUT2D eigenvalue weighted by Gasteiger charge is 2.25. The van der Waals surface area contributed by atoms with Crippen molar-refractivity contribution in [3.8, 4) is 0 Å². The Morgan fingerprint density at radius 1 is 1.11 bits per heavy atom. The van der Waals surface area contributed by atoms with Gasteiger partial charge in [-0.2, -0.15) is 0 Å². The molecule has 2 heterocycles. The van der Waals surface area contributed by atoms with Crippen LogP contribution >= 0.6 is 23.2 Å². The Labute approximate surface area is 232 Å². The molecule has 2 aromatic carbocycles. The van der Waals surface area contributed by atoms with Crippen molar-refractivity contribution in [1.29, 1.82) is 0 Å². The Hall–Kier alpha value is -3.00. The van der Waals surface area contributed by atoms with E-state index in [9.17, 15) is 4.79 Å². The van der Waals surface area contributed by atoms with E-state index in [4.69, 9.17) is 32.9 Å². The van der Waals surface area contributed by atoms with Crippen molar-refractivity contribution in [2.45, 2.75) is 51.2 Å². The maximum absolute atomic E-state index is 12.7. The molecule has 1 aliphatic carbocycles. The lowest BCUT2D eigenvalue weighted by Crippen LogP contribution is -2.37. The lowest BCUT2D eigenvalue weighted by atomic mass is 9.91. The van der Waals surface area contributed by atoms with Crippen molar-refractivity contribution < 1.29 is 9.53 Å². The van der Waals surface area contributed by atoms with Crippen LogP contribution in [0, 0.1) is 0 Å². The minimum atomic E-state index is -0.388. The summed E-state index contributed by atoms with van der Waals surface area (Å²) in [5.41, 5.74) is 4.12. The van der Waals surface area contributed by atoms with Gasteiger partial charge in [0.25, 0.3) is 0 Å². The van der Waals surface area contributed by atoms with E-state index in [1.54, 1.807) is 19.1 Å². The Morgan fingerprint density at radius 2 is 1.84 bits per heavy atom. The standard InChI is InChI=1S/C29H33Cl2N5O2/c1-4-38-29(37)28-21(27-22(31)13-17(30)14-24(27)35-28)16-32-18-9-11-19(12-10-18)33-26-15-25(36(2)3)20-7-5-6-8-23(20)34-26/h5-8,13-15,18-19,32,35H,4,9-12,16H2,1-3H3,(H,33,34). The van der Waals surface area contributed by atoms with Crippen LogP contribution in [0.15, 0.2) is 42.5 Å². The molecule has 2 aromatic heterocycles. The smallest absolute Gasteiger partial charge is 0.355 e. The molecule has 3 N–H and O–H groups in total. The largest absolute Gasteiger partial charge is 0.461 e. The van der Waals surface area contributed by atoms with Gasteiger partial charge >= 0.3 is 5.97 Å². The summed E-state index contributed by atoms with van der Waals surface area (Å²) in [6.07, 6.45) is 4.09. The summed E-state index contributed by atoms with van der Waals surface area (Å²) in [6.45, 7) is 2.61. The number of rotatable bonds is 8. The second-order valence-electron chi connectivity index (χ2n) is 10.0. The van der Waals surface area contributed by atoms with Crippen molar-refractivity contribution in [2.75, 3.05) is 30.9 Å². The molecule has 0 amide bonds. The summed E-state index contributed by atoms with van der Waals surface area (Å²) in [6, 6.07) is 14.6. The highest BCUT2D eigenvalue weighted by molar-refractivity contribution is 6.39. The topological polar surface area (TPSA) is 82.3 Å². The fraction of sp³-hybridized carbons (Fsp3) is 0.379. The summed E-state index contributed by atoms with van der Waals surface area (Å²) < 4.78 is 5.29. The van der Waals surface area contributed by atoms with Crippen LogP contribution in [-0.2, 0) is 11.3 Å². The summed E-state index contributed by atoms with van der Waals surface area (Å²) in [5, 5.41) is 10.3. The number of benzene rings is 2. The van der Waals surface area contributed by atoms with Gasteiger partial charge in [-0.05, 0) is 50.8 Å². The Morgan fingerprint density at radius 3 is 2.58 bits per heavy atom. The third kappa shape index (κ3) is 5.55. The van der Waals surface area contributed by atoms with Gasteiger partial charge in [-0.3, -0.25) is 0 Å². The van der Waals surface area contributed by atoms with Gasteiger partial charge in [-0.1, -0.05) is 41.4 Å². The zero-order valence-corrected chi connectivity index (χ0v) is 23.4. The fourth-order valence-corrected chi connectivity index (χ4v) is 5.97. The molecule has 38 heavy (non-hydrogen) atoms. The molecule has 1 fully saturated rings. The van der Waals surface area contributed by atoms with E-state index in [-0.39, 0.29) is 5.97 Å². The summed E-state index contributed by atoms with van der Waals surface area (Å²) >= 11 is 12.7. The number of aromatic amines is 1. The molecule has 5 rings (SSSR count). The first-order valence-corrected chi connectivity index (χ1v) is 13.8. The first kappa shape index (κ1) is 26.6. The van der Waals surface area contributed by atoms with Crippen LogP contribution < -0.4 is 15.5 Å². The number of esters is 1. The number of para-hydroxylation sites is 1. The van der Waals surface area contributed by atoms with Crippen LogP contribution in [-0.4, -0.2) is 48.7 Å². The fourth-order valence-electron chi connectivity index (χ4n) is 5.37. The second-order valence-corrected chi connectivity index (χ2v) is 10.9. The number of fused-ring (bicyclic) bond motifs is 2. The van der Waals surface area contributed by atoms with Gasteiger partial charge in [0, 0.05) is 71.4 Å². The van der Waals surface area contributed by atoms with Gasteiger partial charge in [-0.15, -0.1) is 0 Å². The molecule has 0 atom stereocenters. The number of halogens is 2. The predicted molar refractivity (Wildman–Crippen MR) is 157 cm³/mol. The van der Waals surface area contributed by atoms with Gasteiger partial charge in [0.2, 0.25) is 0 Å². The zero-order chi connectivity index (χ0) is 26.8. The first-order valence-electron chi connectivity index (χ1n) is 13.1. The average Bonchev–Trinajstić information content (AvgIpc) is 3.26. The molecule has 0 aliphatic heterocycles. The van der Waals surface area contributed by atoms with Crippen molar-refractivity contribution in [2.24, 2.45) is 0 Å². The minimum Gasteiger partial charge on any atom is -0.461 e. The van der Waals surface area contributed by atoms with E-state index in [1.165, 1.54) is 0 Å². The molecule has 0 spiro atoms. The van der Waals surface area contributed by atoms with Crippen LogP contribution in [0.3, 0.4) is 0 Å². The third-order valence-corrected chi connectivity index (χ3v) is 7.74. The van der Waals surface area contributed by atoms with E-state index in [1.807, 2.05) is 12.1 Å². The van der Waals surface area contributed by atoms with Crippen molar-refractivity contribution in [3.05, 3.63) is 63.8 Å². The highest BCUT2D eigenvalue weighted by atomic mass is 35.5. The van der Waals surface area contributed by atoms with Crippen LogP contribution in [0.2, 0.25) is 10.0 Å². The van der Waals surface area contributed by atoms with Crippen LogP contribution in [0.4, 0.5) is 11.5 Å². The first-order chi connectivity index (χ1) is 18.3. The molecule has 0 saturated heterocycles. The molecule has 1 aliphatic rings. The quantitative estimate of drug-likeness (QED) is 0.208. The molecule has 9 heteroatoms. The molecule has 1 saturated carbocycles. The van der Waals surface area contributed by atoms with Crippen molar-refractivity contribution >= 4 is 62.5 Å². The maximum atomic E-state index is 12.7. The van der Waals surface area contributed by atoms with E-state index in [0.717, 1.165) is 64.6 Å². The Bertz CT molecular complexity index is 1460. The summed E-state index contributed by atoms with van der Waals surface area (Å²) in [5.74, 6) is 0.524. The van der Waals surface area contributed by atoms with Gasteiger partial charge in [0.1, 0.15) is 11.5 Å². The molecule has 4 aromatic rings. The summed E-state index contributed by atoms with van der Waals surface area (Å²) in [4.78, 5) is 22.8. The number of hydrogen-bond donors (Lipinski definition) is 3. The van der Waals surface area contributed by atoms with E-state index < -0.39 is 0 Å². The number of anilines is 2. The number of carbonyl (C=O) groups excluding carboxylic acids is 1. The van der Waals surface area contributed by atoms with Gasteiger partial charge < -0.3 is 25.3 Å². The monoisotopic (exact) mass is 553 g/mol. The number of ether oxygens (including phenoxy) is 1. The predicted octanol–water partition coefficient (Wildman–Crippen LogP) is 6.78. The van der Waals surface area contributed by atoms with Crippen LogP contribution in [0.5, 0.6) is 0 Å². The number of nitrogens with zero attached hydrogens (tertiary/aromatic N) is 2. The lowest BCUT2D eigenvalue weighted by molar-refractivity contribution is 0.0519. The molecular formula is C29H33Cl2N5O2. The van der Waals surface area contributed by atoms with Crippen molar-refractivity contribution in [1.82, 2.24) is 15.3 Å². The van der Waals surface area contributed by atoms with Crippen LogP contribution in [0.25, 0.3) is 21.8 Å². The molecule has 0 bridgehead atoms. The zero-order valence-electron chi connectivity index (χ0n) is 21.9. The number of H-pyrrole nitrogens is 1. The number of pyridine rings is 1. The van der Waals surface area contributed by atoms with Gasteiger partial charge in [0.05, 0.1) is 17.1 Å². The Kier molecular flexibility index (Phi) is 7.98. The normalized spacial score (nSPS) is 17.6. The highest BCUT2D eigenvalue weighted by Crippen LogP contribution is 2.34. The molecule has 0 unspecified atom stereocenters. The summed E-state index contributed by atoms with van der Waals surface area (Å²) in [7, 11) is 4.12. The van der Waals surface area contributed by atoms with Crippen LogP contribution in [0.1, 0.15) is 48.7 Å². The van der Waals surface area contributed by atoms with E-state index in [0.29, 0.717) is 41.0 Å². The maximum Gasteiger partial charge on any atom is 0.355 e. The number of hydrogen-bond acceptors (Lipinski definition) is 6. The molecule has 0 radical (unpaired) electrons. The number of aromatic nitrogens is 2. The van der Waals surface area contributed by atoms with E-state index >= 15 is 0 Å². The Balaban J connectivity index is 1.26. The number of carbonyl (C=O) groups is 1. The average molecular weight is 555 g/mol. The lowest BCUT2D eigenvalue weighted by Gasteiger charge is -2.30. The molecular weight excluding hydrogens is 521 g/mol. The van der Waals surface area contributed by atoms with Crippen molar-refractivity contribution in [3.63, 3.8) is 0 Å². The molecule has 200 valence electrons. The number of nitrogens with one attached hydrogen (secondary N) is 3. The van der Waals surface area contributed by atoms with E-state index in [2.05, 4.69) is 52.8 Å². The minimum absolute atomic E-state index is 0.300. The van der Waals surface area contributed by atoms with Gasteiger partial charge in [0.15, 0.2) is 0 Å².